The molecule has 5 heteroatoms. The number of aryl methyl sites for hydroxylation is 1. The summed E-state index contributed by atoms with van der Waals surface area (Å²) < 4.78 is 5.24. The molecule has 1 aromatic carbocycles. The van der Waals surface area contributed by atoms with Crippen molar-refractivity contribution in [3.05, 3.63) is 59.9 Å². The van der Waals surface area contributed by atoms with E-state index in [1.807, 2.05) is 29.3 Å². The van der Waals surface area contributed by atoms with E-state index in [-0.39, 0.29) is 5.91 Å². The Kier molecular flexibility index (Phi) is 3.76. The third-order valence-corrected chi connectivity index (χ3v) is 4.76. The molecule has 0 unspecified atom stereocenters. The van der Waals surface area contributed by atoms with Crippen LogP contribution in [0.1, 0.15) is 28.2 Å². The number of aromatic nitrogens is 2. The van der Waals surface area contributed by atoms with Crippen LogP contribution in [0.15, 0.2) is 47.3 Å². The van der Waals surface area contributed by atoms with Crippen molar-refractivity contribution < 1.29 is 9.21 Å². The molecule has 122 valence electrons. The van der Waals surface area contributed by atoms with Gasteiger partial charge in [-0.15, -0.1) is 0 Å². The Balaban J connectivity index is 1.49. The minimum absolute atomic E-state index is 0.0490. The molecule has 3 aromatic rings. The summed E-state index contributed by atoms with van der Waals surface area (Å²) in [5.41, 5.74) is 2.98. The summed E-state index contributed by atoms with van der Waals surface area (Å²) in [6, 6.07) is 10.3. The van der Waals surface area contributed by atoms with Crippen LogP contribution in [0.3, 0.4) is 0 Å². The van der Waals surface area contributed by atoms with Crippen LogP contribution in [-0.4, -0.2) is 33.9 Å². The number of hydrogen-bond donors (Lipinski definition) is 0. The third-order valence-electron chi connectivity index (χ3n) is 4.76. The summed E-state index contributed by atoms with van der Waals surface area (Å²) in [5, 5.41) is 1.20. The van der Waals surface area contributed by atoms with E-state index >= 15 is 0 Å². The van der Waals surface area contributed by atoms with Crippen LogP contribution < -0.4 is 0 Å². The maximum atomic E-state index is 12.5. The molecular formula is C19H19N3O2. The predicted molar refractivity (Wildman–Crippen MR) is 90.7 cm³/mol. The Bertz CT molecular complexity index is 882. The number of likely N-dealkylation sites (tertiary alicyclic amines) is 1. The number of amides is 1. The smallest absolute Gasteiger partial charge is 0.291 e. The average Bonchev–Trinajstić information content (AvgIpc) is 3.24. The molecule has 0 spiro atoms. The molecule has 1 aliphatic rings. The second kappa shape index (κ2) is 6.07. The van der Waals surface area contributed by atoms with Gasteiger partial charge in [0.25, 0.3) is 5.91 Å². The highest BCUT2D eigenvalue weighted by Gasteiger charge is 2.29. The first-order valence-corrected chi connectivity index (χ1v) is 8.24. The highest BCUT2D eigenvalue weighted by Crippen LogP contribution is 2.26. The largest absolute Gasteiger partial charge is 0.438 e. The lowest BCUT2D eigenvalue weighted by Gasteiger charge is -2.16. The van der Waals surface area contributed by atoms with E-state index in [4.69, 9.17) is 4.42 Å². The summed E-state index contributed by atoms with van der Waals surface area (Å²) in [6.07, 6.45) is 5.17. The molecular weight excluding hydrogens is 302 g/mol. The first-order chi connectivity index (χ1) is 11.7. The average molecular weight is 321 g/mol. The molecule has 0 bridgehead atoms. The topological polar surface area (TPSA) is 59.2 Å². The Labute approximate surface area is 140 Å². The molecule has 0 aliphatic carbocycles. The number of oxazole rings is 1. The Morgan fingerprint density at radius 2 is 2.17 bits per heavy atom. The lowest BCUT2D eigenvalue weighted by molar-refractivity contribution is 0.0754. The van der Waals surface area contributed by atoms with Crippen LogP contribution >= 0.6 is 0 Å². The van der Waals surface area contributed by atoms with Crippen molar-refractivity contribution >= 4 is 16.8 Å². The van der Waals surface area contributed by atoms with E-state index in [1.165, 1.54) is 17.3 Å². The second-order valence-corrected chi connectivity index (χ2v) is 6.36. The van der Waals surface area contributed by atoms with Crippen LogP contribution in [0.4, 0.5) is 0 Å². The van der Waals surface area contributed by atoms with E-state index in [0.717, 1.165) is 31.4 Å². The van der Waals surface area contributed by atoms with Crippen LogP contribution in [0, 0.1) is 12.8 Å². The third kappa shape index (κ3) is 2.66. The summed E-state index contributed by atoms with van der Waals surface area (Å²) in [4.78, 5) is 22.8. The number of hydrogen-bond acceptors (Lipinski definition) is 4. The van der Waals surface area contributed by atoms with Crippen LogP contribution in [0.5, 0.6) is 0 Å². The van der Waals surface area contributed by atoms with Crippen molar-refractivity contribution in [3.8, 4) is 0 Å². The predicted octanol–water partition coefficient (Wildman–Crippen LogP) is 3.24. The summed E-state index contributed by atoms with van der Waals surface area (Å²) in [7, 11) is 0. The van der Waals surface area contributed by atoms with Gasteiger partial charge in [0, 0.05) is 24.7 Å². The molecule has 4 rings (SSSR count). The zero-order valence-electron chi connectivity index (χ0n) is 13.6. The molecule has 1 fully saturated rings. The number of rotatable bonds is 3. The lowest BCUT2D eigenvalue weighted by Crippen LogP contribution is -2.29. The molecule has 1 saturated heterocycles. The molecule has 1 aliphatic heterocycles. The Morgan fingerprint density at radius 3 is 3.00 bits per heavy atom. The number of fused-ring (bicyclic) bond motifs is 1. The molecule has 1 atom stereocenters. The minimum atomic E-state index is -0.0490. The van der Waals surface area contributed by atoms with Crippen molar-refractivity contribution in [1.82, 2.24) is 14.9 Å². The minimum Gasteiger partial charge on any atom is -0.438 e. The molecule has 5 nitrogen and oxygen atoms in total. The maximum Gasteiger partial charge on any atom is 0.291 e. The van der Waals surface area contributed by atoms with E-state index in [0.29, 0.717) is 17.4 Å². The monoisotopic (exact) mass is 321 g/mol. The van der Waals surface area contributed by atoms with Crippen molar-refractivity contribution in [2.24, 2.45) is 5.92 Å². The molecule has 0 N–H and O–H groups in total. The van der Waals surface area contributed by atoms with Crippen molar-refractivity contribution in [2.45, 2.75) is 19.8 Å². The van der Waals surface area contributed by atoms with Gasteiger partial charge >= 0.3 is 0 Å². The van der Waals surface area contributed by atoms with Gasteiger partial charge in [-0.1, -0.05) is 18.2 Å². The molecule has 1 amide bonds. The van der Waals surface area contributed by atoms with E-state index in [9.17, 15) is 4.79 Å². The zero-order chi connectivity index (χ0) is 16.5. The fraction of sp³-hybridized carbons (Fsp3) is 0.316. The van der Waals surface area contributed by atoms with Crippen molar-refractivity contribution in [3.63, 3.8) is 0 Å². The molecule has 24 heavy (non-hydrogen) atoms. The van der Waals surface area contributed by atoms with Gasteiger partial charge in [0.2, 0.25) is 5.76 Å². The van der Waals surface area contributed by atoms with E-state index in [2.05, 4.69) is 22.1 Å². The van der Waals surface area contributed by atoms with Crippen LogP contribution in [0.2, 0.25) is 0 Å². The van der Waals surface area contributed by atoms with Crippen molar-refractivity contribution in [1.29, 1.82) is 0 Å². The number of para-hydroxylation sites is 1. The zero-order valence-corrected chi connectivity index (χ0v) is 13.6. The number of carbonyl (C=O) groups is 1. The fourth-order valence-electron chi connectivity index (χ4n) is 3.48. The standard InChI is InChI=1S/C19H19N3O2/c1-13-18(24-12-21-13)19(23)22-9-7-14(11-22)10-15-6-8-20-17-5-3-2-4-16(15)17/h2-6,8,12,14H,7,9-11H2,1H3/t14-/m0/s1. The van der Waals surface area contributed by atoms with Gasteiger partial charge in [-0.2, -0.15) is 0 Å². The van der Waals surface area contributed by atoms with Gasteiger partial charge in [0.1, 0.15) is 0 Å². The fourth-order valence-corrected chi connectivity index (χ4v) is 3.48. The maximum absolute atomic E-state index is 12.5. The molecule has 3 heterocycles. The number of nitrogens with zero attached hydrogens (tertiary/aromatic N) is 3. The normalized spacial score (nSPS) is 17.5. The van der Waals surface area contributed by atoms with Gasteiger partial charge in [-0.05, 0) is 43.4 Å². The van der Waals surface area contributed by atoms with Gasteiger partial charge in [-0.25, -0.2) is 4.98 Å². The SMILES string of the molecule is Cc1ncoc1C(=O)N1CC[C@@H](Cc2ccnc3ccccc23)C1. The van der Waals surface area contributed by atoms with Gasteiger partial charge in [0.05, 0.1) is 11.2 Å². The van der Waals surface area contributed by atoms with E-state index < -0.39 is 0 Å². The molecule has 0 saturated carbocycles. The Hall–Kier alpha value is -2.69. The van der Waals surface area contributed by atoms with Gasteiger partial charge in [0.15, 0.2) is 6.39 Å². The molecule has 2 aromatic heterocycles. The second-order valence-electron chi connectivity index (χ2n) is 6.36. The van der Waals surface area contributed by atoms with Crippen molar-refractivity contribution in [2.75, 3.05) is 13.1 Å². The van der Waals surface area contributed by atoms with Gasteiger partial charge in [-0.3, -0.25) is 9.78 Å². The first-order valence-electron chi connectivity index (χ1n) is 8.24. The van der Waals surface area contributed by atoms with Crippen LogP contribution in [0.25, 0.3) is 10.9 Å². The number of carbonyl (C=O) groups excluding carboxylic acids is 1. The van der Waals surface area contributed by atoms with Crippen LogP contribution in [-0.2, 0) is 6.42 Å². The highest BCUT2D eigenvalue weighted by atomic mass is 16.3. The molecule has 0 radical (unpaired) electrons. The lowest BCUT2D eigenvalue weighted by atomic mass is 9.96. The van der Waals surface area contributed by atoms with E-state index in [1.54, 1.807) is 6.92 Å². The highest BCUT2D eigenvalue weighted by molar-refractivity contribution is 5.92. The summed E-state index contributed by atoms with van der Waals surface area (Å²) in [6.45, 7) is 3.33. The number of benzene rings is 1. The Morgan fingerprint density at radius 1 is 1.29 bits per heavy atom. The quantitative estimate of drug-likeness (QED) is 0.743. The number of pyridine rings is 1. The summed E-state index contributed by atoms with van der Waals surface area (Å²) >= 11 is 0. The first kappa shape index (κ1) is 14.9. The summed E-state index contributed by atoms with van der Waals surface area (Å²) in [5.74, 6) is 0.778. The van der Waals surface area contributed by atoms with Gasteiger partial charge < -0.3 is 9.32 Å².